The van der Waals surface area contributed by atoms with Gasteiger partial charge >= 0.3 is 0 Å². The highest BCUT2D eigenvalue weighted by Gasteiger charge is 2.23. The molecule has 1 N–H and O–H groups in total. The molecule has 74 valence electrons. The molecule has 0 radical (unpaired) electrons. The lowest BCUT2D eigenvalue weighted by Crippen LogP contribution is -2.34. The maximum absolute atomic E-state index is 11.2. The van der Waals surface area contributed by atoms with Crippen molar-refractivity contribution < 1.29 is 9.53 Å². The molecule has 0 fully saturated rings. The number of amides is 1. The van der Waals surface area contributed by atoms with Crippen LogP contribution in [-0.4, -0.2) is 12.0 Å². The normalized spacial score (nSPS) is 19.6. The summed E-state index contributed by atoms with van der Waals surface area (Å²) in [4.78, 5) is 11.2. The molecule has 1 aliphatic rings. The predicted octanol–water partition coefficient (Wildman–Crippen LogP) is 2.14. The summed E-state index contributed by atoms with van der Waals surface area (Å²) in [5.74, 6) is 1.02. The number of alkyl halides is 1. The quantitative estimate of drug-likeness (QED) is 0.723. The smallest absolute Gasteiger partial charge is 0.265 e. The van der Waals surface area contributed by atoms with Crippen LogP contribution in [0, 0.1) is 0 Å². The Morgan fingerprint density at radius 3 is 3.07 bits per heavy atom. The van der Waals surface area contributed by atoms with Gasteiger partial charge in [-0.15, -0.1) is 11.6 Å². The lowest BCUT2D eigenvalue weighted by molar-refractivity contribution is -0.122. The van der Waals surface area contributed by atoms with E-state index in [-0.39, 0.29) is 5.91 Å². The van der Waals surface area contributed by atoms with E-state index in [0.29, 0.717) is 17.3 Å². The van der Waals surface area contributed by atoms with Crippen molar-refractivity contribution in [3.8, 4) is 5.75 Å². The monoisotopic (exact) mass is 211 g/mol. The van der Waals surface area contributed by atoms with E-state index in [2.05, 4.69) is 5.32 Å². The highest BCUT2D eigenvalue weighted by molar-refractivity contribution is 6.17. The minimum Gasteiger partial charge on any atom is -0.479 e. The van der Waals surface area contributed by atoms with Crippen molar-refractivity contribution in [1.82, 2.24) is 0 Å². The Morgan fingerprint density at radius 1 is 1.57 bits per heavy atom. The highest BCUT2D eigenvalue weighted by Crippen LogP contribution is 2.30. The van der Waals surface area contributed by atoms with E-state index in [9.17, 15) is 4.79 Å². The molecular weight excluding hydrogens is 202 g/mol. The molecule has 4 heteroatoms. The van der Waals surface area contributed by atoms with Gasteiger partial charge in [0.2, 0.25) is 0 Å². The topological polar surface area (TPSA) is 38.3 Å². The van der Waals surface area contributed by atoms with E-state index in [1.54, 1.807) is 13.0 Å². The van der Waals surface area contributed by atoms with E-state index in [1.165, 1.54) is 0 Å². The zero-order valence-corrected chi connectivity index (χ0v) is 8.47. The Hall–Kier alpha value is -1.22. The van der Waals surface area contributed by atoms with Crippen LogP contribution in [0.1, 0.15) is 12.5 Å². The number of hydrogen-bond donors (Lipinski definition) is 1. The third-order valence-corrected chi connectivity index (χ3v) is 2.44. The van der Waals surface area contributed by atoms with Gasteiger partial charge in [0.15, 0.2) is 6.10 Å². The molecule has 0 saturated heterocycles. The largest absolute Gasteiger partial charge is 0.479 e. The molecular formula is C10H10ClNO2. The molecule has 0 saturated carbocycles. The Bertz CT molecular complexity index is 378. The standard InChI is InChI=1S/C10H10ClNO2/c1-6-10(13)12-8-3-2-7(5-11)4-9(8)14-6/h2-4,6H,5H2,1H3,(H,12,13). The van der Waals surface area contributed by atoms with E-state index in [1.807, 2.05) is 12.1 Å². The molecule has 1 amide bonds. The van der Waals surface area contributed by atoms with Crippen molar-refractivity contribution >= 4 is 23.2 Å². The minimum absolute atomic E-state index is 0.115. The molecule has 1 heterocycles. The predicted molar refractivity (Wildman–Crippen MR) is 54.7 cm³/mol. The van der Waals surface area contributed by atoms with Crippen LogP contribution in [0.3, 0.4) is 0 Å². The van der Waals surface area contributed by atoms with Crippen LogP contribution in [0.15, 0.2) is 18.2 Å². The number of hydrogen-bond acceptors (Lipinski definition) is 2. The molecule has 0 spiro atoms. The number of fused-ring (bicyclic) bond motifs is 1. The molecule has 1 aliphatic heterocycles. The number of nitrogens with one attached hydrogen (secondary N) is 1. The van der Waals surface area contributed by atoms with Gasteiger partial charge in [0, 0.05) is 5.88 Å². The molecule has 2 rings (SSSR count). The summed E-state index contributed by atoms with van der Waals surface area (Å²) in [6.07, 6.45) is -0.437. The average molecular weight is 212 g/mol. The van der Waals surface area contributed by atoms with Crippen molar-refractivity contribution in [3.05, 3.63) is 23.8 Å². The van der Waals surface area contributed by atoms with Gasteiger partial charge in [0.1, 0.15) is 5.75 Å². The molecule has 0 bridgehead atoms. The Kier molecular flexibility index (Phi) is 2.33. The number of ether oxygens (including phenoxy) is 1. The van der Waals surface area contributed by atoms with Crippen LogP contribution >= 0.6 is 11.6 Å². The minimum atomic E-state index is -0.437. The summed E-state index contributed by atoms with van der Waals surface area (Å²) in [5, 5.41) is 2.75. The molecule has 1 unspecified atom stereocenters. The molecule has 1 atom stereocenters. The van der Waals surface area contributed by atoms with Gasteiger partial charge in [-0.2, -0.15) is 0 Å². The van der Waals surface area contributed by atoms with E-state index < -0.39 is 6.10 Å². The third kappa shape index (κ3) is 1.55. The molecule has 0 aliphatic carbocycles. The second kappa shape index (κ2) is 3.50. The molecule has 0 aromatic heterocycles. The summed E-state index contributed by atoms with van der Waals surface area (Å²) in [5.41, 5.74) is 1.69. The summed E-state index contributed by atoms with van der Waals surface area (Å²) < 4.78 is 5.42. The van der Waals surface area contributed by atoms with Gasteiger partial charge in [-0.05, 0) is 24.6 Å². The van der Waals surface area contributed by atoms with Gasteiger partial charge in [-0.3, -0.25) is 4.79 Å². The second-order valence-electron chi connectivity index (χ2n) is 3.21. The summed E-state index contributed by atoms with van der Waals surface area (Å²) in [6, 6.07) is 5.51. The number of carbonyl (C=O) groups excluding carboxylic acids is 1. The average Bonchev–Trinajstić information content (AvgIpc) is 2.19. The van der Waals surface area contributed by atoms with Crippen molar-refractivity contribution in [2.24, 2.45) is 0 Å². The van der Waals surface area contributed by atoms with E-state index >= 15 is 0 Å². The first-order valence-corrected chi connectivity index (χ1v) is 4.90. The number of carbonyl (C=O) groups is 1. The van der Waals surface area contributed by atoms with Crippen molar-refractivity contribution in [2.45, 2.75) is 18.9 Å². The number of halogens is 1. The number of anilines is 1. The fraction of sp³-hybridized carbons (Fsp3) is 0.300. The first-order valence-electron chi connectivity index (χ1n) is 4.37. The fourth-order valence-electron chi connectivity index (χ4n) is 1.33. The zero-order valence-electron chi connectivity index (χ0n) is 7.71. The Labute approximate surface area is 87.0 Å². The highest BCUT2D eigenvalue weighted by atomic mass is 35.5. The molecule has 1 aromatic carbocycles. The van der Waals surface area contributed by atoms with Gasteiger partial charge in [-0.25, -0.2) is 0 Å². The Morgan fingerprint density at radius 2 is 2.36 bits per heavy atom. The summed E-state index contributed by atoms with van der Waals surface area (Å²) in [6.45, 7) is 1.71. The lowest BCUT2D eigenvalue weighted by Gasteiger charge is -2.23. The van der Waals surface area contributed by atoms with Crippen LogP contribution in [0.5, 0.6) is 5.75 Å². The first-order chi connectivity index (χ1) is 6.70. The van der Waals surface area contributed by atoms with Crippen molar-refractivity contribution in [2.75, 3.05) is 5.32 Å². The van der Waals surface area contributed by atoms with Gasteiger partial charge in [0.25, 0.3) is 5.91 Å². The van der Waals surface area contributed by atoms with Crippen LogP contribution in [0.25, 0.3) is 0 Å². The van der Waals surface area contributed by atoms with Gasteiger partial charge in [-0.1, -0.05) is 6.07 Å². The Balaban J connectivity index is 2.37. The first kappa shape index (κ1) is 9.34. The zero-order chi connectivity index (χ0) is 10.1. The maximum atomic E-state index is 11.2. The molecule has 1 aromatic rings. The van der Waals surface area contributed by atoms with Gasteiger partial charge in [0.05, 0.1) is 5.69 Å². The maximum Gasteiger partial charge on any atom is 0.265 e. The van der Waals surface area contributed by atoms with Crippen LogP contribution < -0.4 is 10.1 Å². The van der Waals surface area contributed by atoms with Crippen LogP contribution in [-0.2, 0) is 10.7 Å². The summed E-state index contributed by atoms with van der Waals surface area (Å²) in [7, 11) is 0. The van der Waals surface area contributed by atoms with Crippen molar-refractivity contribution in [3.63, 3.8) is 0 Å². The van der Waals surface area contributed by atoms with E-state index in [4.69, 9.17) is 16.3 Å². The lowest BCUT2D eigenvalue weighted by atomic mass is 10.1. The van der Waals surface area contributed by atoms with Crippen LogP contribution in [0.2, 0.25) is 0 Å². The summed E-state index contributed by atoms with van der Waals surface area (Å²) >= 11 is 5.69. The van der Waals surface area contributed by atoms with Gasteiger partial charge < -0.3 is 10.1 Å². The molecule has 14 heavy (non-hydrogen) atoms. The van der Waals surface area contributed by atoms with Crippen LogP contribution in [0.4, 0.5) is 5.69 Å². The van der Waals surface area contributed by atoms with Crippen molar-refractivity contribution in [1.29, 1.82) is 0 Å². The SMILES string of the molecule is CC1Oc2cc(CCl)ccc2NC1=O. The fourth-order valence-corrected chi connectivity index (χ4v) is 1.50. The third-order valence-electron chi connectivity index (χ3n) is 2.13. The number of rotatable bonds is 1. The second-order valence-corrected chi connectivity index (χ2v) is 3.48. The van der Waals surface area contributed by atoms with E-state index in [0.717, 1.165) is 5.56 Å². The number of benzene rings is 1. The molecule has 3 nitrogen and oxygen atoms in total.